The van der Waals surface area contributed by atoms with Crippen molar-refractivity contribution in [1.82, 2.24) is 0 Å². The maximum atomic E-state index is 9.62. The summed E-state index contributed by atoms with van der Waals surface area (Å²) >= 11 is 6.05. The predicted octanol–water partition coefficient (Wildman–Crippen LogP) is 3.34. The van der Waals surface area contributed by atoms with Crippen LogP contribution in [0.15, 0.2) is 42.5 Å². The van der Waals surface area contributed by atoms with Gasteiger partial charge in [0.15, 0.2) is 0 Å². The van der Waals surface area contributed by atoms with E-state index in [-0.39, 0.29) is 0 Å². The van der Waals surface area contributed by atoms with Gasteiger partial charge in [-0.1, -0.05) is 48.8 Å². The van der Waals surface area contributed by atoms with E-state index in [1.165, 1.54) is 0 Å². The summed E-state index contributed by atoms with van der Waals surface area (Å²) in [5, 5.41) is 10.2. The maximum Gasteiger partial charge on any atom is 0.320 e. The van der Waals surface area contributed by atoms with E-state index in [2.05, 4.69) is 0 Å². The van der Waals surface area contributed by atoms with Crippen molar-refractivity contribution in [3.05, 3.63) is 58.6 Å². The molecule has 2 nitrogen and oxygen atoms in total. The van der Waals surface area contributed by atoms with Gasteiger partial charge in [0.05, 0.1) is 7.11 Å². The zero-order valence-corrected chi connectivity index (χ0v) is 12.3. The van der Waals surface area contributed by atoms with Crippen LogP contribution in [0.4, 0.5) is 0 Å². The lowest BCUT2D eigenvalue weighted by Crippen LogP contribution is -2.26. The van der Waals surface area contributed by atoms with Gasteiger partial charge in [-0.05, 0) is 40.9 Å². The van der Waals surface area contributed by atoms with Gasteiger partial charge in [0.1, 0.15) is 5.75 Å². The summed E-state index contributed by atoms with van der Waals surface area (Å²) in [7, 11) is 1.65. The zero-order valence-electron chi connectivity index (χ0n) is 11.5. The Kier molecular flexibility index (Phi) is 4.88. The van der Waals surface area contributed by atoms with Gasteiger partial charge >= 0.3 is 6.92 Å². The number of hydrogen-bond acceptors (Lipinski definition) is 2. The van der Waals surface area contributed by atoms with Crippen molar-refractivity contribution < 1.29 is 9.76 Å². The number of ether oxygens (including phenoxy) is 1. The van der Waals surface area contributed by atoms with Crippen LogP contribution in [0.5, 0.6) is 5.75 Å². The quantitative estimate of drug-likeness (QED) is 0.690. The molecule has 4 heteroatoms. The number of halogens is 1. The van der Waals surface area contributed by atoms with Crippen LogP contribution in [0.3, 0.4) is 0 Å². The predicted molar refractivity (Wildman–Crippen MR) is 86.8 cm³/mol. The molecule has 2 aromatic rings. The van der Waals surface area contributed by atoms with Gasteiger partial charge in [-0.15, -0.1) is 0 Å². The Labute approximate surface area is 124 Å². The third kappa shape index (κ3) is 3.89. The minimum Gasteiger partial charge on any atom is -0.497 e. The summed E-state index contributed by atoms with van der Waals surface area (Å²) in [5.41, 5.74) is 2.85. The smallest absolute Gasteiger partial charge is 0.320 e. The highest BCUT2D eigenvalue weighted by atomic mass is 35.5. The topological polar surface area (TPSA) is 29.5 Å². The molecule has 102 valence electrons. The Balaban J connectivity index is 2.21. The molecule has 0 aromatic heterocycles. The van der Waals surface area contributed by atoms with Gasteiger partial charge < -0.3 is 9.76 Å². The van der Waals surface area contributed by atoms with Crippen LogP contribution >= 0.6 is 11.6 Å². The van der Waals surface area contributed by atoms with Crippen LogP contribution in [0.2, 0.25) is 11.8 Å². The van der Waals surface area contributed by atoms with Gasteiger partial charge in [0, 0.05) is 5.02 Å². The molecule has 2 aromatic carbocycles. The second kappa shape index (κ2) is 6.64. The van der Waals surface area contributed by atoms with E-state index in [4.69, 9.17) is 16.3 Å². The summed E-state index contributed by atoms with van der Waals surface area (Å²) in [6.07, 6.45) is 3.97. The van der Waals surface area contributed by atoms with Crippen molar-refractivity contribution in [2.45, 2.75) is 6.82 Å². The average Bonchev–Trinajstić information content (AvgIpc) is 2.45. The molecule has 0 bridgehead atoms. The highest BCUT2D eigenvalue weighted by Gasteiger charge is 2.07. The molecule has 0 unspecified atom stereocenters. The summed E-state index contributed by atoms with van der Waals surface area (Å²) in [6, 6.07) is 13.4. The fourth-order valence-electron chi connectivity index (χ4n) is 1.88. The molecule has 1 N–H and O–H groups in total. The van der Waals surface area contributed by atoms with E-state index in [9.17, 15) is 5.02 Å². The van der Waals surface area contributed by atoms with Gasteiger partial charge in [-0.2, -0.15) is 0 Å². The van der Waals surface area contributed by atoms with Crippen molar-refractivity contribution in [3.8, 4) is 5.75 Å². The van der Waals surface area contributed by atoms with E-state index < -0.39 is 6.92 Å². The SMILES string of the molecule is COc1ccc(/C=C/c2cc(Cl)cc(B(C)O)c2)cc1. The van der Waals surface area contributed by atoms with Gasteiger partial charge in [-0.3, -0.25) is 0 Å². The second-order valence-corrected chi connectivity index (χ2v) is 5.04. The van der Waals surface area contributed by atoms with Crippen molar-refractivity contribution in [2.24, 2.45) is 0 Å². The molecule has 20 heavy (non-hydrogen) atoms. The minimum absolute atomic E-state index is 0.526. The molecule has 0 radical (unpaired) electrons. The van der Waals surface area contributed by atoms with Crippen molar-refractivity contribution in [3.63, 3.8) is 0 Å². The lowest BCUT2D eigenvalue weighted by atomic mass is 9.64. The summed E-state index contributed by atoms with van der Waals surface area (Å²) < 4.78 is 5.12. The molecular weight excluding hydrogens is 270 g/mol. The standard InChI is InChI=1S/C16H16BClO2/c1-17(19)14-9-13(10-15(18)11-14)4-3-12-5-7-16(20-2)8-6-12/h3-11,19H,1-2H3/b4-3+. The monoisotopic (exact) mass is 286 g/mol. The Morgan fingerprint density at radius 2 is 1.70 bits per heavy atom. The van der Waals surface area contributed by atoms with Crippen molar-refractivity contribution >= 4 is 36.1 Å². The first kappa shape index (κ1) is 14.7. The van der Waals surface area contributed by atoms with Crippen LogP contribution in [-0.2, 0) is 0 Å². The molecule has 0 aliphatic rings. The normalized spacial score (nSPS) is 10.8. The van der Waals surface area contributed by atoms with Gasteiger partial charge in [-0.25, -0.2) is 0 Å². The minimum atomic E-state index is -0.526. The lowest BCUT2D eigenvalue weighted by Gasteiger charge is -2.04. The van der Waals surface area contributed by atoms with Crippen molar-refractivity contribution in [2.75, 3.05) is 7.11 Å². The molecule has 0 saturated carbocycles. The van der Waals surface area contributed by atoms with Crippen LogP contribution in [0.25, 0.3) is 12.2 Å². The number of hydrogen-bond donors (Lipinski definition) is 1. The van der Waals surface area contributed by atoms with E-state index in [1.54, 1.807) is 20.0 Å². The Bertz CT molecular complexity index is 606. The number of methoxy groups -OCH3 is 1. The van der Waals surface area contributed by atoms with E-state index >= 15 is 0 Å². The first-order valence-corrected chi connectivity index (χ1v) is 6.77. The second-order valence-electron chi connectivity index (χ2n) is 4.60. The third-order valence-electron chi connectivity index (χ3n) is 3.01. The summed E-state index contributed by atoms with van der Waals surface area (Å²) in [4.78, 5) is 0. The van der Waals surface area contributed by atoms with Gasteiger partial charge in [0.2, 0.25) is 0 Å². The summed E-state index contributed by atoms with van der Waals surface area (Å²) in [5.74, 6) is 0.835. The van der Waals surface area contributed by atoms with Gasteiger partial charge in [0.25, 0.3) is 0 Å². The Morgan fingerprint density at radius 1 is 1.05 bits per heavy atom. The lowest BCUT2D eigenvalue weighted by molar-refractivity contribution is 0.415. The largest absolute Gasteiger partial charge is 0.497 e. The first-order valence-electron chi connectivity index (χ1n) is 6.39. The fourth-order valence-corrected chi connectivity index (χ4v) is 2.13. The zero-order chi connectivity index (χ0) is 14.5. The maximum absolute atomic E-state index is 9.62. The van der Waals surface area contributed by atoms with E-state index in [1.807, 2.05) is 48.6 Å². The van der Waals surface area contributed by atoms with Crippen LogP contribution in [0.1, 0.15) is 11.1 Å². The van der Waals surface area contributed by atoms with Crippen molar-refractivity contribution in [1.29, 1.82) is 0 Å². The molecule has 0 aliphatic heterocycles. The highest BCUT2D eigenvalue weighted by molar-refractivity contribution is 6.65. The Hall–Kier alpha value is -1.71. The molecule has 0 amide bonds. The summed E-state index contributed by atoms with van der Waals surface area (Å²) in [6.45, 7) is 1.20. The molecule has 0 aliphatic carbocycles. The third-order valence-corrected chi connectivity index (χ3v) is 3.23. The number of benzene rings is 2. The number of rotatable bonds is 4. The molecule has 0 saturated heterocycles. The molecule has 0 heterocycles. The molecule has 2 rings (SSSR count). The molecule has 0 atom stereocenters. The molecule has 0 fully saturated rings. The first-order chi connectivity index (χ1) is 9.58. The van der Waals surface area contributed by atoms with Crippen LogP contribution in [-0.4, -0.2) is 19.0 Å². The molecular formula is C16H16BClO2. The van der Waals surface area contributed by atoms with E-state index in [0.717, 1.165) is 22.3 Å². The van der Waals surface area contributed by atoms with Crippen LogP contribution < -0.4 is 10.2 Å². The average molecular weight is 287 g/mol. The Morgan fingerprint density at radius 3 is 2.30 bits per heavy atom. The molecule has 0 spiro atoms. The fraction of sp³-hybridized carbons (Fsp3) is 0.125. The van der Waals surface area contributed by atoms with E-state index in [0.29, 0.717) is 5.02 Å². The van der Waals surface area contributed by atoms with Crippen LogP contribution in [0, 0.1) is 0 Å². The highest BCUT2D eigenvalue weighted by Crippen LogP contribution is 2.15.